The monoisotopic (exact) mass is 354 g/mol. The lowest BCUT2D eigenvalue weighted by molar-refractivity contribution is 0.481. The molecule has 0 radical (unpaired) electrons. The minimum absolute atomic E-state index is 0.662. The first-order chi connectivity index (χ1) is 12.8. The molecule has 1 aromatic carbocycles. The fourth-order valence-electron chi connectivity index (χ4n) is 3.50. The van der Waals surface area contributed by atoms with E-state index in [-0.39, 0.29) is 0 Å². The number of guanidine groups is 1. The van der Waals surface area contributed by atoms with Gasteiger partial charge in [-0.15, -0.1) is 0 Å². The molecule has 26 heavy (non-hydrogen) atoms. The molecule has 1 fully saturated rings. The fourth-order valence-corrected chi connectivity index (χ4v) is 3.50. The van der Waals surface area contributed by atoms with E-state index in [1.54, 1.807) is 17.3 Å². The summed E-state index contributed by atoms with van der Waals surface area (Å²) in [6.45, 7) is 4.63. The highest BCUT2D eigenvalue weighted by atomic mass is 15.3. The van der Waals surface area contributed by atoms with E-state index in [0.717, 1.165) is 30.7 Å². The first-order valence-corrected chi connectivity index (χ1v) is 9.81. The Morgan fingerprint density at radius 1 is 1.19 bits per heavy atom. The van der Waals surface area contributed by atoms with Crippen LogP contribution in [0.15, 0.2) is 41.9 Å². The van der Waals surface area contributed by atoms with Gasteiger partial charge in [0.1, 0.15) is 12.7 Å². The molecular weight excluding hydrogens is 324 g/mol. The van der Waals surface area contributed by atoms with Gasteiger partial charge in [0, 0.05) is 13.1 Å². The van der Waals surface area contributed by atoms with Crippen LogP contribution in [0, 0.1) is 5.92 Å². The van der Waals surface area contributed by atoms with Gasteiger partial charge in [-0.3, -0.25) is 0 Å². The molecule has 1 aromatic heterocycles. The quantitative estimate of drug-likeness (QED) is 0.434. The Bertz CT molecular complexity index is 656. The van der Waals surface area contributed by atoms with Crippen LogP contribution in [0.4, 0.5) is 0 Å². The van der Waals surface area contributed by atoms with Crippen molar-refractivity contribution in [3.8, 4) is 5.69 Å². The van der Waals surface area contributed by atoms with Crippen LogP contribution in [0.1, 0.15) is 51.0 Å². The highest BCUT2D eigenvalue weighted by molar-refractivity contribution is 5.79. The maximum atomic E-state index is 4.71. The van der Waals surface area contributed by atoms with Gasteiger partial charge in [0.2, 0.25) is 0 Å². The van der Waals surface area contributed by atoms with Crippen LogP contribution in [0.3, 0.4) is 0 Å². The van der Waals surface area contributed by atoms with Gasteiger partial charge in [-0.25, -0.2) is 14.7 Å². The molecule has 140 valence electrons. The van der Waals surface area contributed by atoms with Gasteiger partial charge in [0.25, 0.3) is 0 Å². The van der Waals surface area contributed by atoms with Gasteiger partial charge in [0.05, 0.1) is 12.2 Å². The third-order valence-electron chi connectivity index (χ3n) is 4.94. The summed E-state index contributed by atoms with van der Waals surface area (Å²) in [5, 5.41) is 10.9. The largest absolute Gasteiger partial charge is 0.357 e. The van der Waals surface area contributed by atoms with Crippen LogP contribution >= 0.6 is 0 Å². The van der Waals surface area contributed by atoms with Crippen molar-refractivity contribution in [2.45, 2.75) is 52.0 Å². The second kappa shape index (κ2) is 9.94. The average Bonchev–Trinajstić information content (AvgIpc) is 3.37. The molecule has 1 saturated carbocycles. The molecule has 1 heterocycles. The summed E-state index contributed by atoms with van der Waals surface area (Å²) in [5.41, 5.74) is 2.18. The number of aromatic nitrogens is 3. The third-order valence-corrected chi connectivity index (χ3v) is 4.94. The topological polar surface area (TPSA) is 67.1 Å². The lowest BCUT2D eigenvalue weighted by Gasteiger charge is -2.13. The molecule has 2 N–H and O–H groups in total. The standard InChI is InChI=1S/C20H30N6/c1-2-22-20(23-13-5-8-17-6-3-4-7-17)24-14-18-9-11-19(12-10-18)26-16-21-15-25-26/h9-12,15-17H,2-8,13-14H2,1H3,(H2,22,23,24). The van der Waals surface area contributed by atoms with Crippen molar-refractivity contribution >= 4 is 5.96 Å². The molecular formula is C20H30N6. The normalized spacial score (nSPS) is 15.3. The van der Waals surface area contributed by atoms with E-state index in [1.165, 1.54) is 44.1 Å². The minimum atomic E-state index is 0.662. The van der Waals surface area contributed by atoms with Gasteiger partial charge in [0.15, 0.2) is 5.96 Å². The van der Waals surface area contributed by atoms with E-state index in [4.69, 9.17) is 4.99 Å². The molecule has 2 aromatic rings. The molecule has 0 atom stereocenters. The number of hydrogen-bond donors (Lipinski definition) is 2. The van der Waals surface area contributed by atoms with Crippen LogP contribution < -0.4 is 10.6 Å². The molecule has 6 heteroatoms. The Balaban J connectivity index is 1.46. The summed E-state index contributed by atoms with van der Waals surface area (Å²) < 4.78 is 1.75. The predicted octanol–water partition coefficient (Wildman–Crippen LogP) is 3.29. The Hall–Kier alpha value is -2.37. The van der Waals surface area contributed by atoms with E-state index in [2.05, 4.69) is 39.8 Å². The summed E-state index contributed by atoms with van der Waals surface area (Å²) in [7, 11) is 0. The summed E-state index contributed by atoms with van der Waals surface area (Å²) in [6.07, 6.45) is 11.5. The molecule has 0 spiro atoms. The van der Waals surface area contributed by atoms with Gasteiger partial charge in [-0.05, 0) is 43.4 Å². The molecule has 3 rings (SSSR count). The number of hydrogen-bond acceptors (Lipinski definition) is 3. The van der Waals surface area contributed by atoms with Crippen molar-refractivity contribution in [1.29, 1.82) is 0 Å². The van der Waals surface area contributed by atoms with Crippen molar-refractivity contribution in [2.24, 2.45) is 10.9 Å². The van der Waals surface area contributed by atoms with E-state index < -0.39 is 0 Å². The second-order valence-corrected chi connectivity index (χ2v) is 6.92. The zero-order valence-electron chi connectivity index (χ0n) is 15.7. The van der Waals surface area contributed by atoms with E-state index in [9.17, 15) is 0 Å². The van der Waals surface area contributed by atoms with Crippen molar-refractivity contribution in [1.82, 2.24) is 25.4 Å². The van der Waals surface area contributed by atoms with Crippen LogP contribution in [-0.2, 0) is 6.54 Å². The number of aliphatic imine (C=N–C) groups is 1. The molecule has 0 bridgehead atoms. The Morgan fingerprint density at radius 3 is 2.69 bits per heavy atom. The Morgan fingerprint density at radius 2 is 2.00 bits per heavy atom. The zero-order valence-corrected chi connectivity index (χ0v) is 15.7. The van der Waals surface area contributed by atoms with Crippen LogP contribution in [0.5, 0.6) is 0 Å². The minimum Gasteiger partial charge on any atom is -0.357 e. The van der Waals surface area contributed by atoms with Crippen molar-refractivity contribution in [2.75, 3.05) is 13.1 Å². The maximum Gasteiger partial charge on any atom is 0.191 e. The maximum absolute atomic E-state index is 4.71. The number of rotatable bonds is 8. The van der Waals surface area contributed by atoms with Crippen LogP contribution in [-0.4, -0.2) is 33.8 Å². The molecule has 1 aliphatic rings. The number of benzene rings is 1. The van der Waals surface area contributed by atoms with E-state index >= 15 is 0 Å². The lowest BCUT2D eigenvalue weighted by atomic mass is 10.0. The highest BCUT2D eigenvalue weighted by Gasteiger charge is 2.13. The summed E-state index contributed by atoms with van der Waals surface area (Å²) in [5.74, 6) is 1.86. The zero-order chi connectivity index (χ0) is 18.0. The SMILES string of the molecule is CCNC(=NCc1ccc(-n2cncn2)cc1)NCCCC1CCCC1. The smallest absolute Gasteiger partial charge is 0.191 e. The molecule has 6 nitrogen and oxygen atoms in total. The van der Waals surface area contributed by atoms with Gasteiger partial charge in [-0.2, -0.15) is 5.10 Å². The first kappa shape index (κ1) is 18.4. The predicted molar refractivity (Wildman–Crippen MR) is 105 cm³/mol. The third kappa shape index (κ3) is 5.58. The Kier molecular flexibility index (Phi) is 7.05. The highest BCUT2D eigenvalue weighted by Crippen LogP contribution is 2.28. The van der Waals surface area contributed by atoms with Crippen molar-refractivity contribution in [3.63, 3.8) is 0 Å². The Labute approximate surface area is 156 Å². The van der Waals surface area contributed by atoms with Gasteiger partial charge >= 0.3 is 0 Å². The molecule has 0 unspecified atom stereocenters. The number of nitrogens with one attached hydrogen (secondary N) is 2. The van der Waals surface area contributed by atoms with Crippen molar-refractivity contribution < 1.29 is 0 Å². The summed E-state index contributed by atoms with van der Waals surface area (Å²) in [4.78, 5) is 8.68. The van der Waals surface area contributed by atoms with Crippen LogP contribution in [0.2, 0.25) is 0 Å². The number of nitrogens with zero attached hydrogens (tertiary/aromatic N) is 4. The molecule has 0 amide bonds. The van der Waals surface area contributed by atoms with Crippen molar-refractivity contribution in [3.05, 3.63) is 42.5 Å². The summed E-state index contributed by atoms with van der Waals surface area (Å²) in [6, 6.07) is 8.26. The van der Waals surface area contributed by atoms with Crippen LogP contribution in [0.25, 0.3) is 5.69 Å². The second-order valence-electron chi connectivity index (χ2n) is 6.92. The first-order valence-electron chi connectivity index (χ1n) is 9.81. The fraction of sp³-hybridized carbons (Fsp3) is 0.550. The van der Waals surface area contributed by atoms with Gasteiger partial charge in [-0.1, -0.05) is 37.8 Å². The molecule has 0 saturated heterocycles. The van der Waals surface area contributed by atoms with E-state index in [0.29, 0.717) is 6.54 Å². The summed E-state index contributed by atoms with van der Waals surface area (Å²) >= 11 is 0. The molecule has 0 aliphatic heterocycles. The average molecular weight is 355 g/mol. The lowest BCUT2D eigenvalue weighted by Crippen LogP contribution is -2.37. The van der Waals surface area contributed by atoms with E-state index in [1.807, 2.05) is 12.1 Å². The molecule has 1 aliphatic carbocycles. The van der Waals surface area contributed by atoms with Gasteiger partial charge < -0.3 is 10.6 Å².